The molecule has 3 nitrogen and oxygen atoms in total. The molecule has 126 valence electrons. The van der Waals surface area contributed by atoms with Crippen LogP contribution in [0.5, 0.6) is 0 Å². The maximum Gasteiger partial charge on any atom is 0.255 e. The number of pyridine rings is 1. The molecule has 0 bridgehead atoms. The van der Waals surface area contributed by atoms with Gasteiger partial charge in [-0.1, -0.05) is 50.1 Å². The Morgan fingerprint density at radius 1 is 1.08 bits per heavy atom. The molecule has 1 aromatic heterocycles. The number of carbonyl (C=O) groups is 1. The normalized spacial score (nSPS) is 20.6. The zero-order valence-corrected chi connectivity index (χ0v) is 14.8. The molecule has 1 amide bonds. The Labute approximate surface area is 144 Å². The van der Waals surface area contributed by atoms with E-state index in [1.807, 2.05) is 61.3 Å². The van der Waals surface area contributed by atoms with Gasteiger partial charge in [-0.05, 0) is 37.8 Å². The molecule has 1 aliphatic rings. The standard InChI is InChI=1S/C21H26N2O/c1-15-9-7-8-12-20(15)23(3)21(24)18-13-14-19(22-16(18)2)17-10-5-4-6-11-17/h4-6,10-11,13-15,20H,7-9,12H2,1-3H3/t15-,20-/m1/s1. The van der Waals surface area contributed by atoms with Gasteiger partial charge in [-0.25, -0.2) is 0 Å². The van der Waals surface area contributed by atoms with Crippen molar-refractivity contribution in [3.05, 3.63) is 53.7 Å². The van der Waals surface area contributed by atoms with Gasteiger partial charge in [0.1, 0.15) is 0 Å². The highest BCUT2D eigenvalue weighted by atomic mass is 16.2. The van der Waals surface area contributed by atoms with E-state index >= 15 is 0 Å². The highest BCUT2D eigenvalue weighted by Gasteiger charge is 2.29. The highest BCUT2D eigenvalue weighted by Crippen LogP contribution is 2.29. The number of hydrogen-bond donors (Lipinski definition) is 0. The minimum absolute atomic E-state index is 0.0957. The van der Waals surface area contributed by atoms with Crippen LogP contribution in [0.3, 0.4) is 0 Å². The van der Waals surface area contributed by atoms with Gasteiger partial charge in [0, 0.05) is 18.7 Å². The quantitative estimate of drug-likeness (QED) is 0.820. The van der Waals surface area contributed by atoms with Gasteiger partial charge < -0.3 is 4.90 Å². The molecule has 0 aliphatic heterocycles. The second-order valence-corrected chi connectivity index (χ2v) is 6.94. The molecule has 3 rings (SSSR count). The van der Waals surface area contributed by atoms with Crippen LogP contribution in [0.2, 0.25) is 0 Å². The molecule has 1 saturated carbocycles. The molecule has 24 heavy (non-hydrogen) atoms. The van der Waals surface area contributed by atoms with Crippen LogP contribution in [-0.2, 0) is 0 Å². The molecular weight excluding hydrogens is 296 g/mol. The second-order valence-electron chi connectivity index (χ2n) is 6.94. The monoisotopic (exact) mass is 322 g/mol. The topological polar surface area (TPSA) is 33.2 Å². The zero-order valence-electron chi connectivity index (χ0n) is 14.8. The first-order chi connectivity index (χ1) is 11.6. The van der Waals surface area contributed by atoms with Crippen LogP contribution in [0.15, 0.2) is 42.5 Å². The van der Waals surface area contributed by atoms with Crippen molar-refractivity contribution in [3.8, 4) is 11.3 Å². The van der Waals surface area contributed by atoms with Gasteiger partial charge in [-0.2, -0.15) is 0 Å². The van der Waals surface area contributed by atoms with Gasteiger partial charge >= 0.3 is 0 Å². The Morgan fingerprint density at radius 2 is 1.79 bits per heavy atom. The number of hydrogen-bond acceptors (Lipinski definition) is 2. The summed E-state index contributed by atoms with van der Waals surface area (Å²) in [6.07, 6.45) is 4.83. The summed E-state index contributed by atoms with van der Waals surface area (Å²) >= 11 is 0. The van der Waals surface area contributed by atoms with Crippen LogP contribution in [0.4, 0.5) is 0 Å². The molecule has 0 unspecified atom stereocenters. The van der Waals surface area contributed by atoms with Crippen molar-refractivity contribution < 1.29 is 4.79 Å². The minimum atomic E-state index is 0.0957. The number of carbonyl (C=O) groups excluding carboxylic acids is 1. The van der Waals surface area contributed by atoms with E-state index in [1.54, 1.807) is 0 Å². The fourth-order valence-electron chi connectivity index (χ4n) is 3.77. The average Bonchev–Trinajstić information content (AvgIpc) is 2.61. The van der Waals surface area contributed by atoms with E-state index in [-0.39, 0.29) is 5.91 Å². The molecule has 1 aromatic carbocycles. The maximum atomic E-state index is 12.9. The van der Waals surface area contributed by atoms with E-state index in [4.69, 9.17) is 0 Å². The van der Waals surface area contributed by atoms with Crippen molar-refractivity contribution in [2.45, 2.75) is 45.6 Å². The predicted octanol–water partition coefficient (Wildman–Crippen LogP) is 4.71. The van der Waals surface area contributed by atoms with Gasteiger partial charge in [-0.3, -0.25) is 9.78 Å². The summed E-state index contributed by atoms with van der Waals surface area (Å²) in [5, 5.41) is 0. The molecular formula is C21H26N2O. The summed E-state index contributed by atoms with van der Waals surface area (Å²) in [5.74, 6) is 0.669. The van der Waals surface area contributed by atoms with E-state index in [2.05, 4.69) is 11.9 Å². The Bertz CT molecular complexity index is 711. The third-order valence-electron chi connectivity index (χ3n) is 5.27. The molecule has 0 radical (unpaired) electrons. The van der Waals surface area contributed by atoms with Gasteiger partial charge in [0.2, 0.25) is 0 Å². The van der Waals surface area contributed by atoms with Crippen molar-refractivity contribution in [2.24, 2.45) is 5.92 Å². The van der Waals surface area contributed by atoms with Crippen LogP contribution in [0, 0.1) is 12.8 Å². The van der Waals surface area contributed by atoms with Crippen molar-refractivity contribution >= 4 is 5.91 Å². The van der Waals surface area contributed by atoms with Gasteiger partial charge in [-0.15, -0.1) is 0 Å². The first kappa shape index (κ1) is 16.7. The lowest BCUT2D eigenvalue weighted by Gasteiger charge is -2.36. The molecule has 0 spiro atoms. The van der Waals surface area contributed by atoms with E-state index in [9.17, 15) is 4.79 Å². The van der Waals surface area contributed by atoms with Crippen LogP contribution in [0.25, 0.3) is 11.3 Å². The zero-order chi connectivity index (χ0) is 17.1. The number of rotatable bonds is 3. The first-order valence-corrected chi connectivity index (χ1v) is 8.88. The summed E-state index contributed by atoms with van der Waals surface area (Å²) in [7, 11) is 1.94. The molecule has 1 aliphatic carbocycles. The molecule has 3 heteroatoms. The summed E-state index contributed by atoms with van der Waals surface area (Å²) < 4.78 is 0. The largest absolute Gasteiger partial charge is 0.338 e. The summed E-state index contributed by atoms with van der Waals surface area (Å²) in [4.78, 5) is 19.5. The van der Waals surface area contributed by atoms with Crippen LogP contribution in [-0.4, -0.2) is 28.9 Å². The number of aryl methyl sites for hydroxylation is 1. The van der Waals surface area contributed by atoms with E-state index in [1.165, 1.54) is 19.3 Å². The third-order valence-corrected chi connectivity index (χ3v) is 5.27. The summed E-state index contributed by atoms with van der Waals surface area (Å²) in [6, 6.07) is 14.3. The molecule has 0 N–H and O–H groups in total. The van der Waals surface area contributed by atoms with Crippen molar-refractivity contribution in [1.82, 2.24) is 9.88 Å². The SMILES string of the molecule is Cc1nc(-c2ccccc2)ccc1C(=O)N(C)[C@@H]1CCCC[C@H]1C. The molecule has 2 aromatic rings. The maximum absolute atomic E-state index is 12.9. The highest BCUT2D eigenvalue weighted by molar-refractivity contribution is 5.95. The predicted molar refractivity (Wildman–Crippen MR) is 97.9 cm³/mol. The Hall–Kier alpha value is -2.16. The van der Waals surface area contributed by atoms with Crippen molar-refractivity contribution in [1.29, 1.82) is 0 Å². The van der Waals surface area contributed by atoms with Gasteiger partial charge in [0.15, 0.2) is 0 Å². The summed E-state index contributed by atoms with van der Waals surface area (Å²) in [6.45, 7) is 4.19. The van der Waals surface area contributed by atoms with Crippen LogP contribution in [0.1, 0.15) is 48.7 Å². The lowest BCUT2D eigenvalue weighted by atomic mass is 9.85. The Balaban J connectivity index is 1.82. The number of nitrogens with zero attached hydrogens (tertiary/aromatic N) is 2. The second kappa shape index (κ2) is 7.16. The number of aromatic nitrogens is 1. The molecule has 1 heterocycles. The average molecular weight is 322 g/mol. The fourth-order valence-corrected chi connectivity index (χ4v) is 3.77. The third kappa shape index (κ3) is 3.35. The molecule has 0 saturated heterocycles. The Kier molecular flexibility index (Phi) is 4.98. The molecule has 2 atom stereocenters. The number of amides is 1. The lowest BCUT2D eigenvalue weighted by Crippen LogP contribution is -2.42. The van der Waals surface area contributed by atoms with Gasteiger partial charge in [0.05, 0.1) is 17.0 Å². The van der Waals surface area contributed by atoms with E-state index < -0.39 is 0 Å². The van der Waals surface area contributed by atoms with Crippen LogP contribution >= 0.6 is 0 Å². The Morgan fingerprint density at radius 3 is 2.46 bits per heavy atom. The smallest absolute Gasteiger partial charge is 0.255 e. The summed E-state index contributed by atoms with van der Waals surface area (Å²) in [5.41, 5.74) is 3.51. The van der Waals surface area contributed by atoms with Crippen molar-refractivity contribution in [3.63, 3.8) is 0 Å². The minimum Gasteiger partial charge on any atom is -0.338 e. The first-order valence-electron chi connectivity index (χ1n) is 8.88. The van der Waals surface area contributed by atoms with Crippen LogP contribution < -0.4 is 0 Å². The molecule has 1 fully saturated rings. The van der Waals surface area contributed by atoms with Gasteiger partial charge in [0.25, 0.3) is 5.91 Å². The number of benzene rings is 1. The lowest BCUT2D eigenvalue weighted by molar-refractivity contribution is 0.0628. The fraction of sp³-hybridized carbons (Fsp3) is 0.429. The van der Waals surface area contributed by atoms with E-state index in [0.29, 0.717) is 12.0 Å². The van der Waals surface area contributed by atoms with Crippen molar-refractivity contribution in [2.75, 3.05) is 7.05 Å². The van der Waals surface area contributed by atoms with E-state index in [0.717, 1.165) is 28.9 Å².